The fourth-order valence-electron chi connectivity index (χ4n) is 1.42. The van der Waals surface area contributed by atoms with Crippen LogP contribution in [0.15, 0.2) is 21.6 Å². The van der Waals surface area contributed by atoms with Crippen molar-refractivity contribution >= 4 is 15.9 Å². The molecule has 7 heteroatoms. The zero-order valence-electron chi connectivity index (χ0n) is 11.6. The summed E-state index contributed by atoms with van der Waals surface area (Å²) >= 11 is 0. The second-order valence-corrected chi connectivity index (χ2v) is 6.55. The lowest BCUT2D eigenvalue weighted by Crippen LogP contribution is -2.28. The maximum absolute atomic E-state index is 12.0. The van der Waals surface area contributed by atoms with Gasteiger partial charge < -0.3 is 9.32 Å². The van der Waals surface area contributed by atoms with Gasteiger partial charge in [-0.1, -0.05) is 13.8 Å². The SMILES string of the molecule is CNS(=O)(=O)c1ccc(C(=O)N(C)CCC(C)C)o1. The van der Waals surface area contributed by atoms with Crippen LogP contribution >= 0.6 is 0 Å². The molecule has 0 atom stereocenters. The van der Waals surface area contributed by atoms with Crippen LogP contribution in [0.25, 0.3) is 0 Å². The summed E-state index contributed by atoms with van der Waals surface area (Å²) in [6, 6.07) is 2.65. The summed E-state index contributed by atoms with van der Waals surface area (Å²) in [5.41, 5.74) is 0. The Balaban J connectivity index is 2.79. The first-order chi connectivity index (χ1) is 8.77. The topological polar surface area (TPSA) is 79.6 Å². The summed E-state index contributed by atoms with van der Waals surface area (Å²) in [6.45, 7) is 4.75. The van der Waals surface area contributed by atoms with Crippen molar-refractivity contribution in [3.8, 4) is 0 Å². The molecule has 0 bridgehead atoms. The zero-order valence-corrected chi connectivity index (χ0v) is 12.5. The van der Waals surface area contributed by atoms with E-state index in [1.807, 2.05) is 0 Å². The van der Waals surface area contributed by atoms with Gasteiger partial charge in [0.2, 0.25) is 5.09 Å². The molecule has 1 N–H and O–H groups in total. The van der Waals surface area contributed by atoms with Crippen molar-refractivity contribution in [1.82, 2.24) is 9.62 Å². The molecule has 0 aliphatic rings. The number of nitrogens with zero attached hydrogens (tertiary/aromatic N) is 1. The normalized spacial score (nSPS) is 11.8. The quantitative estimate of drug-likeness (QED) is 0.856. The largest absolute Gasteiger partial charge is 0.438 e. The van der Waals surface area contributed by atoms with E-state index in [1.165, 1.54) is 24.1 Å². The molecule has 0 aliphatic heterocycles. The van der Waals surface area contributed by atoms with Gasteiger partial charge in [0, 0.05) is 13.6 Å². The molecule has 1 aromatic heterocycles. The van der Waals surface area contributed by atoms with E-state index in [-0.39, 0.29) is 16.8 Å². The minimum atomic E-state index is -3.65. The number of hydrogen-bond donors (Lipinski definition) is 1. The lowest BCUT2D eigenvalue weighted by molar-refractivity contribution is 0.0752. The lowest BCUT2D eigenvalue weighted by atomic mass is 10.1. The molecule has 1 heterocycles. The van der Waals surface area contributed by atoms with Crippen LogP contribution in [-0.2, 0) is 10.0 Å². The Morgan fingerprint density at radius 1 is 1.42 bits per heavy atom. The molecule has 1 amide bonds. The van der Waals surface area contributed by atoms with Crippen molar-refractivity contribution in [1.29, 1.82) is 0 Å². The van der Waals surface area contributed by atoms with Gasteiger partial charge in [0.15, 0.2) is 5.76 Å². The van der Waals surface area contributed by atoms with Crippen LogP contribution in [0.2, 0.25) is 0 Å². The lowest BCUT2D eigenvalue weighted by Gasteiger charge is -2.16. The monoisotopic (exact) mass is 288 g/mol. The van der Waals surface area contributed by atoms with E-state index in [1.54, 1.807) is 7.05 Å². The van der Waals surface area contributed by atoms with Gasteiger partial charge in [-0.2, -0.15) is 0 Å². The molecule has 6 nitrogen and oxygen atoms in total. The van der Waals surface area contributed by atoms with E-state index in [4.69, 9.17) is 4.42 Å². The van der Waals surface area contributed by atoms with Gasteiger partial charge in [0.05, 0.1) is 0 Å². The molecule has 0 saturated heterocycles. The predicted octanol–water partition coefficient (Wildman–Crippen LogP) is 1.31. The Labute approximate surface area is 113 Å². The summed E-state index contributed by atoms with van der Waals surface area (Å²) in [4.78, 5) is 13.5. The molecular weight excluding hydrogens is 268 g/mol. The molecule has 1 aromatic rings. The summed E-state index contributed by atoms with van der Waals surface area (Å²) in [7, 11) is -0.698. The van der Waals surface area contributed by atoms with Gasteiger partial charge in [0.25, 0.3) is 15.9 Å². The van der Waals surface area contributed by atoms with Crippen LogP contribution in [-0.4, -0.2) is 39.9 Å². The molecule has 0 saturated carbocycles. The van der Waals surface area contributed by atoms with Gasteiger partial charge in [0.1, 0.15) is 0 Å². The molecule has 0 aliphatic carbocycles. The van der Waals surface area contributed by atoms with Crippen LogP contribution in [0.4, 0.5) is 0 Å². The van der Waals surface area contributed by atoms with Gasteiger partial charge in [-0.3, -0.25) is 4.79 Å². The highest BCUT2D eigenvalue weighted by atomic mass is 32.2. The third-order valence-electron chi connectivity index (χ3n) is 2.71. The minimum absolute atomic E-state index is 0.0279. The number of nitrogens with one attached hydrogen (secondary N) is 1. The highest BCUT2D eigenvalue weighted by molar-refractivity contribution is 7.89. The Hall–Kier alpha value is -1.34. The minimum Gasteiger partial charge on any atom is -0.438 e. The van der Waals surface area contributed by atoms with E-state index < -0.39 is 10.0 Å². The summed E-state index contributed by atoms with van der Waals surface area (Å²) in [5.74, 6) is 0.199. The summed E-state index contributed by atoms with van der Waals surface area (Å²) in [6.07, 6.45) is 0.880. The first-order valence-electron chi connectivity index (χ1n) is 6.06. The third-order valence-corrected chi connectivity index (χ3v) is 4.00. The van der Waals surface area contributed by atoms with Crippen molar-refractivity contribution in [2.75, 3.05) is 20.6 Å². The summed E-state index contributed by atoms with van der Waals surface area (Å²) in [5, 5.41) is -0.254. The maximum atomic E-state index is 12.0. The van der Waals surface area contributed by atoms with Crippen LogP contribution in [0.5, 0.6) is 0 Å². The van der Waals surface area contributed by atoms with Gasteiger partial charge in [-0.25, -0.2) is 13.1 Å². The second-order valence-electron chi connectivity index (χ2n) is 4.74. The first-order valence-corrected chi connectivity index (χ1v) is 7.55. The average molecular weight is 288 g/mol. The summed E-state index contributed by atoms with van der Waals surface area (Å²) < 4.78 is 30.2. The molecular formula is C12H20N2O4S. The number of carbonyl (C=O) groups excluding carboxylic acids is 1. The zero-order chi connectivity index (χ0) is 14.6. The van der Waals surface area contributed by atoms with Gasteiger partial charge in [-0.05, 0) is 31.5 Å². The van der Waals surface area contributed by atoms with Crippen molar-refractivity contribution in [3.05, 3.63) is 17.9 Å². The molecule has 0 fully saturated rings. The van der Waals surface area contributed by atoms with Crippen molar-refractivity contribution < 1.29 is 17.6 Å². The van der Waals surface area contributed by atoms with Gasteiger partial charge >= 0.3 is 0 Å². The molecule has 0 spiro atoms. The average Bonchev–Trinajstić information content (AvgIpc) is 2.85. The van der Waals surface area contributed by atoms with E-state index in [2.05, 4.69) is 18.6 Å². The maximum Gasteiger partial charge on any atom is 0.289 e. The number of hydrogen-bond acceptors (Lipinski definition) is 4. The molecule has 0 radical (unpaired) electrons. The molecule has 0 aromatic carbocycles. The number of furan rings is 1. The van der Waals surface area contributed by atoms with Crippen LogP contribution in [0.1, 0.15) is 30.8 Å². The molecule has 19 heavy (non-hydrogen) atoms. The predicted molar refractivity (Wildman–Crippen MR) is 71.4 cm³/mol. The van der Waals surface area contributed by atoms with Gasteiger partial charge in [-0.15, -0.1) is 0 Å². The fraction of sp³-hybridized carbons (Fsp3) is 0.583. The van der Waals surface area contributed by atoms with Crippen LogP contribution < -0.4 is 4.72 Å². The Bertz CT molecular complexity index is 534. The molecule has 1 rings (SSSR count). The van der Waals surface area contributed by atoms with E-state index in [0.29, 0.717) is 12.5 Å². The van der Waals surface area contributed by atoms with Crippen LogP contribution in [0, 0.1) is 5.92 Å². The van der Waals surface area contributed by atoms with E-state index in [9.17, 15) is 13.2 Å². The van der Waals surface area contributed by atoms with E-state index >= 15 is 0 Å². The number of carbonyl (C=O) groups is 1. The molecule has 108 valence electrons. The highest BCUT2D eigenvalue weighted by Gasteiger charge is 2.21. The van der Waals surface area contributed by atoms with Crippen molar-refractivity contribution in [2.45, 2.75) is 25.4 Å². The van der Waals surface area contributed by atoms with Crippen molar-refractivity contribution in [3.63, 3.8) is 0 Å². The standard InChI is InChI=1S/C12H20N2O4S/c1-9(2)7-8-14(4)12(15)10-5-6-11(18-10)19(16,17)13-3/h5-6,9,13H,7-8H2,1-4H3. The number of sulfonamides is 1. The molecule has 0 unspecified atom stereocenters. The Morgan fingerprint density at radius 3 is 2.58 bits per heavy atom. The number of rotatable bonds is 6. The Kier molecular flexibility index (Phi) is 5.13. The van der Waals surface area contributed by atoms with E-state index in [0.717, 1.165) is 6.42 Å². The third kappa shape index (κ3) is 4.07. The fourth-order valence-corrected chi connectivity index (χ4v) is 2.07. The van der Waals surface area contributed by atoms with Crippen LogP contribution in [0.3, 0.4) is 0 Å². The first kappa shape index (κ1) is 15.7. The Morgan fingerprint density at radius 2 is 2.05 bits per heavy atom. The second kappa shape index (κ2) is 6.21. The van der Waals surface area contributed by atoms with Crippen molar-refractivity contribution in [2.24, 2.45) is 5.92 Å². The smallest absolute Gasteiger partial charge is 0.289 e. The highest BCUT2D eigenvalue weighted by Crippen LogP contribution is 2.15. The number of amides is 1.